The van der Waals surface area contributed by atoms with Crippen molar-refractivity contribution in [3.63, 3.8) is 0 Å². The second kappa shape index (κ2) is 4.30. The molecule has 0 aromatic heterocycles. The molecule has 1 heterocycles. The Hall–Kier alpha value is -0.570. The SMILES string of the molecule is CCOC(=O)C(C)N1CCC(C)(C)C1. The van der Waals surface area contributed by atoms with E-state index in [0.29, 0.717) is 12.0 Å². The lowest BCUT2D eigenvalue weighted by Gasteiger charge is -2.24. The summed E-state index contributed by atoms with van der Waals surface area (Å²) < 4.78 is 5.00. The standard InChI is InChI=1S/C11H21NO2/c1-5-14-10(13)9(2)12-7-6-11(3,4)8-12/h9H,5-8H2,1-4H3. The smallest absolute Gasteiger partial charge is 0.323 e. The number of carbonyl (C=O) groups excluding carboxylic acids is 1. The van der Waals surface area contributed by atoms with Gasteiger partial charge in [-0.2, -0.15) is 0 Å². The van der Waals surface area contributed by atoms with E-state index in [0.717, 1.165) is 19.5 Å². The molecule has 0 bridgehead atoms. The molecule has 1 aliphatic rings. The third kappa shape index (κ3) is 2.71. The van der Waals surface area contributed by atoms with Crippen LogP contribution in [0.3, 0.4) is 0 Å². The number of ether oxygens (including phenoxy) is 1. The van der Waals surface area contributed by atoms with Crippen LogP contribution in [0.5, 0.6) is 0 Å². The van der Waals surface area contributed by atoms with Gasteiger partial charge in [-0.25, -0.2) is 0 Å². The molecule has 1 unspecified atom stereocenters. The van der Waals surface area contributed by atoms with Crippen LogP contribution in [0.2, 0.25) is 0 Å². The van der Waals surface area contributed by atoms with Gasteiger partial charge in [-0.05, 0) is 32.2 Å². The van der Waals surface area contributed by atoms with Gasteiger partial charge >= 0.3 is 5.97 Å². The highest BCUT2D eigenvalue weighted by molar-refractivity contribution is 5.75. The third-order valence-electron chi connectivity index (χ3n) is 2.88. The van der Waals surface area contributed by atoms with Gasteiger partial charge in [0.25, 0.3) is 0 Å². The molecule has 3 nitrogen and oxygen atoms in total. The van der Waals surface area contributed by atoms with Crippen molar-refractivity contribution in [2.75, 3.05) is 19.7 Å². The second-order valence-electron chi connectivity index (χ2n) is 4.81. The molecule has 14 heavy (non-hydrogen) atoms. The van der Waals surface area contributed by atoms with Gasteiger partial charge in [0.1, 0.15) is 6.04 Å². The maximum atomic E-state index is 11.5. The van der Waals surface area contributed by atoms with Crippen LogP contribution in [0.15, 0.2) is 0 Å². The largest absolute Gasteiger partial charge is 0.465 e. The van der Waals surface area contributed by atoms with Crippen LogP contribution >= 0.6 is 0 Å². The summed E-state index contributed by atoms with van der Waals surface area (Å²) in [4.78, 5) is 13.7. The van der Waals surface area contributed by atoms with Crippen molar-refractivity contribution in [3.8, 4) is 0 Å². The van der Waals surface area contributed by atoms with Crippen LogP contribution < -0.4 is 0 Å². The second-order valence-corrected chi connectivity index (χ2v) is 4.81. The molecule has 3 heteroatoms. The van der Waals surface area contributed by atoms with Gasteiger partial charge in [0, 0.05) is 6.54 Å². The number of nitrogens with zero attached hydrogens (tertiary/aromatic N) is 1. The van der Waals surface area contributed by atoms with Crippen molar-refractivity contribution in [1.29, 1.82) is 0 Å². The first-order valence-electron chi connectivity index (χ1n) is 5.37. The average Bonchev–Trinajstić information content (AvgIpc) is 2.45. The van der Waals surface area contributed by atoms with Crippen molar-refractivity contribution in [3.05, 3.63) is 0 Å². The van der Waals surface area contributed by atoms with E-state index >= 15 is 0 Å². The number of carbonyl (C=O) groups is 1. The van der Waals surface area contributed by atoms with Gasteiger partial charge in [0.2, 0.25) is 0 Å². The Labute approximate surface area is 86.4 Å². The fraction of sp³-hybridized carbons (Fsp3) is 0.909. The summed E-state index contributed by atoms with van der Waals surface area (Å²) >= 11 is 0. The topological polar surface area (TPSA) is 29.5 Å². The lowest BCUT2D eigenvalue weighted by molar-refractivity contribution is -0.148. The normalized spacial score (nSPS) is 23.4. The maximum absolute atomic E-state index is 11.5. The van der Waals surface area contributed by atoms with E-state index in [-0.39, 0.29) is 12.0 Å². The summed E-state index contributed by atoms with van der Waals surface area (Å²) in [6.45, 7) is 10.7. The zero-order valence-electron chi connectivity index (χ0n) is 9.67. The van der Waals surface area contributed by atoms with E-state index in [2.05, 4.69) is 18.7 Å². The highest BCUT2D eigenvalue weighted by Gasteiger charge is 2.34. The summed E-state index contributed by atoms with van der Waals surface area (Å²) in [5, 5.41) is 0. The Kier molecular flexibility index (Phi) is 3.53. The highest BCUT2D eigenvalue weighted by atomic mass is 16.5. The molecular formula is C11H21NO2. The fourth-order valence-electron chi connectivity index (χ4n) is 1.90. The van der Waals surface area contributed by atoms with Gasteiger partial charge in [-0.3, -0.25) is 9.69 Å². The molecule has 1 saturated heterocycles. The monoisotopic (exact) mass is 199 g/mol. The Morgan fingerprint density at radius 1 is 1.57 bits per heavy atom. The molecule has 0 aromatic carbocycles. The minimum absolute atomic E-state index is 0.0864. The van der Waals surface area contributed by atoms with Gasteiger partial charge in [-0.1, -0.05) is 13.8 Å². The Morgan fingerprint density at radius 3 is 2.64 bits per heavy atom. The van der Waals surface area contributed by atoms with Gasteiger partial charge < -0.3 is 4.74 Å². The third-order valence-corrected chi connectivity index (χ3v) is 2.88. The highest BCUT2D eigenvalue weighted by Crippen LogP contribution is 2.30. The zero-order valence-corrected chi connectivity index (χ0v) is 9.67. The minimum atomic E-state index is -0.0924. The molecule has 0 radical (unpaired) electrons. The predicted octanol–water partition coefficient (Wildman–Crippen LogP) is 1.67. The van der Waals surface area contributed by atoms with E-state index in [1.165, 1.54) is 0 Å². The summed E-state index contributed by atoms with van der Waals surface area (Å²) in [5.41, 5.74) is 0.348. The first kappa shape index (κ1) is 11.5. The molecule has 82 valence electrons. The van der Waals surface area contributed by atoms with Crippen LogP contribution in [0.25, 0.3) is 0 Å². The number of hydrogen-bond acceptors (Lipinski definition) is 3. The summed E-state index contributed by atoms with van der Waals surface area (Å²) in [6.07, 6.45) is 1.16. The summed E-state index contributed by atoms with van der Waals surface area (Å²) in [7, 11) is 0. The number of hydrogen-bond donors (Lipinski definition) is 0. The van der Waals surface area contributed by atoms with Crippen LogP contribution in [-0.2, 0) is 9.53 Å². The van der Waals surface area contributed by atoms with Crippen LogP contribution in [0.4, 0.5) is 0 Å². The lowest BCUT2D eigenvalue weighted by atomic mass is 9.93. The van der Waals surface area contributed by atoms with E-state index in [1.54, 1.807) is 0 Å². The van der Waals surface area contributed by atoms with E-state index < -0.39 is 0 Å². The molecule has 0 N–H and O–H groups in total. The first-order valence-corrected chi connectivity index (χ1v) is 5.37. The minimum Gasteiger partial charge on any atom is -0.465 e. The van der Waals surface area contributed by atoms with E-state index in [9.17, 15) is 4.79 Å². The van der Waals surface area contributed by atoms with Crippen molar-refractivity contribution >= 4 is 5.97 Å². The van der Waals surface area contributed by atoms with Crippen LogP contribution in [0.1, 0.15) is 34.1 Å². The molecule has 0 amide bonds. The van der Waals surface area contributed by atoms with Gasteiger partial charge in [0.15, 0.2) is 0 Å². The average molecular weight is 199 g/mol. The van der Waals surface area contributed by atoms with E-state index in [1.807, 2.05) is 13.8 Å². The Bertz CT molecular complexity index is 213. The molecule has 1 aliphatic heterocycles. The number of likely N-dealkylation sites (tertiary alicyclic amines) is 1. The van der Waals surface area contributed by atoms with Gasteiger partial charge in [-0.15, -0.1) is 0 Å². The molecule has 1 fully saturated rings. The van der Waals surface area contributed by atoms with Crippen molar-refractivity contribution in [2.24, 2.45) is 5.41 Å². The summed E-state index contributed by atoms with van der Waals surface area (Å²) in [6, 6.07) is -0.0864. The zero-order chi connectivity index (χ0) is 10.8. The fourth-order valence-corrected chi connectivity index (χ4v) is 1.90. The molecule has 0 spiro atoms. The van der Waals surface area contributed by atoms with Crippen molar-refractivity contribution in [1.82, 2.24) is 4.90 Å². The van der Waals surface area contributed by atoms with Crippen molar-refractivity contribution < 1.29 is 9.53 Å². The molecule has 1 rings (SSSR count). The quantitative estimate of drug-likeness (QED) is 0.648. The Balaban J connectivity index is 2.46. The van der Waals surface area contributed by atoms with Crippen molar-refractivity contribution in [2.45, 2.75) is 40.2 Å². The van der Waals surface area contributed by atoms with Crippen LogP contribution in [0, 0.1) is 5.41 Å². The maximum Gasteiger partial charge on any atom is 0.323 e. The predicted molar refractivity (Wildman–Crippen MR) is 56.1 cm³/mol. The molecule has 0 aliphatic carbocycles. The summed E-state index contributed by atoms with van der Waals surface area (Å²) in [5.74, 6) is -0.0924. The van der Waals surface area contributed by atoms with E-state index in [4.69, 9.17) is 4.74 Å². The number of esters is 1. The first-order chi connectivity index (χ1) is 6.46. The molecule has 1 atom stereocenters. The lowest BCUT2D eigenvalue weighted by Crippen LogP contribution is -2.39. The molecule has 0 aromatic rings. The Morgan fingerprint density at radius 2 is 2.21 bits per heavy atom. The molecular weight excluding hydrogens is 178 g/mol. The van der Waals surface area contributed by atoms with Crippen LogP contribution in [-0.4, -0.2) is 36.6 Å². The molecule has 0 saturated carbocycles. The van der Waals surface area contributed by atoms with Gasteiger partial charge in [0.05, 0.1) is 6.61 Å². The number of rotatable bonds is 3.